The number of esters is 1. The first-order valence-corrected chi connectivity index (χ1v) is 25.7. The maximum atomic E-state index is 14.9. The van der Waals surface area contributed by atoms with E-state index in [1.807, 2.05) is 86.6 Å². The van der Waals surface area contributed by atoms with Gasteiger partial charge in [0.05, 0.1) is 6.42 Å². The first-order chi connectivity index (χ1) is 33.6. The van der Waals surface area contributed by atoms with Crippen molar-refractivity contribution in [1.82, 2.24) is 15.1 Å². The predicted octanol–water partition coefficient (Wildman–Crippen LogP) is 12.6. The second-order valence-corrected chi connectivity index (χ2v) is 20.0. The van der Waals surface area contributed by atoms with Crippen molar-refractivity contribution in [3.63, 3.8) is 0 Å². The molecule has 1 heterocycles. The molecule has 69 heavy (non-hydrogen) atoms. The number of nitrogens with zero attached hydrogens (tertiary/aromatic N) is 2. The van der Waals surface area contributed by atoms with Gasteiger partial charge in [0.15, 0.2) is 5.60 Å². The largest absolute Gasteiger partial charge is 0.448 e. The number of ether oxygens (including phenoxy) is 2. The highest BCUT2D eigenvalue weighted by atomic mass is 35.5. The van der Waals surface area contributed by atoms with Gasteiger partial charge in [-0.3, -0.25) is 19.3 Å². The van der Waals surface area contributed by atoms with Gasteiger partial charge in [-0.15, -0.1) is 0 Å². The molecule has 1 saturated heterocycles. The van der Waals surface area contributed by atoms with E-state index in [0.717, 1.165) is 47.9 Å². The van der Waals surface area contributed by atoms with Crippen LogP contribution in [0.25, 0.3) is 11.1 Å². The molecule has 3 amide bonds. The van der Waals surface area contributed by atoms with Crippen LogP contribution in [0.15, 0.2) is 127 Å². The van der Waals surface area contributed by atoms with Crippen LogP contribution in [0.4, 0.5) is 4.79 Å². The van der Waals surface area contributed by atoms with Gasteiger partial charge in [0.2, 0.25) is 11.8 Å². The van der Waals surface area contributed by atoms with E-state index in [1.165, 1.54) is 61.8 Å². The van der Waals surface area contributed by atoms with Gasteiger partial charge < -0.3 is 19.7 Å². The molecule has 3 aliphatic rings. The molecule has 3 atom stereocenters. The molecule has 5 aromatic carbocycles. The summed E-state index contributed by atoms with van der Waals surface area (Å²) >= 11 is 7.10. The highest BCUT2D eigenvalue weighted by Crippen LogP contribution is 2.46. The molecule has 0 radical (unpaired) electrons. The summed E-state index contributed by atoms with van der Waals surface area (Å²) in [6.07, 6.45) is 12.9. The lowest BCUT2D eigenvalue weighted by Gasteiger charge is -2.37. The molecule has 1 aliphatic heterocycles. The lowest BCUT2D eigenvalue weighted by Crippen LogP contribution is -2.56. The highest BCUT2D eigenvalue weighted by Gasteiger charge is 2.44. The Morgan fingerprint density at radius 1 is 0.681 bits per heavy atom. The molecule has 10 heteroatoms. The average Bonchev–Trinajstić information content (AvgIpc) is 4.01. The van der Waals surface area contributed by atoms with Gasteiger partial charge >= 0.3 is 12.1 Å². The van der Waals surface area contributed by atoms with Crippen LogP contribution >= 0.6 is 11.6 Å². The molecular weight excluding hydrogens is 882 g/mol. The monoisotopic (exact) mass is 949 g/mol. The van der Waals surface area contributed by atoms with Crippen LogP contribution in [0.1, 0.15) is 143 Å². The average molecular weight is 951 g/mol. The van der Waals surface area contributed by atoms with Crippen LogP contribution in [-0.2, 0) is 29.5 Å². The normalized spacial score (nSPS) is 17.4. The summed E-state index contributed by atoms with van der Waals surface area (Å²) in [4.78, 5) is 60.9. The summed E-state index contributed by atoms with van der Waals surface area (Å²) in [5.41, 5.74) is 6.11. The SMILES string of the molecule is CC(C)C(C(=O)N[C@@H](CC(=O)OC(c1ccccc1)(c1ccc(C2CCCCCCCCCC2)cc1)c1ccccc1Cl)C(=O)N1CCCC1)N(C)C(=O)OCC1c2ccccc2-c2ccccc21. The second-order valence-electron chi connectivity index (χ2n) is 19.6. The smallest absolute Gasteiger partial charge is 0.410 e. The Morgan fingerprint density at radius 3 is 1.81 bits per heavy atom. The molecule has 0 spiro atoms. The van der Waals surface area contributed by atoms with E-state index in [2.05, 4.69) is 53.8 Å². The number of fused-ring (bicyclic) bond motifs is 3. The minimum atomic E-state index is -1.51. The zero-order valence-corrected chi connectivity index (χ0v) is 41.3. The molecule has 2 aliphatic carbocycles. The lowest BCUT2D eigenvalue weighted by atomic mass is 9.78. The summed E-state index contributed by atoms with van der Waals surface area (Å²) in [7, 11) is 1.54. The number of likely N-dealkylation sites (N-methyl/N-ethyl adjacent to an activating group) is 1. The van der Waals surface area contributed by atoms with E-state index in [4.69, 9.17) is 21.1 Å². The highest BCUT2D eigenvalue weighted by molar-refractivity contribution is 6.31. The number of carbonyl (C=O) groups is 4. The van der Waals surface area contributed by atoms with Crippen molar-refractivity contribution >= 4 is 35.5 Å². The van der Waals surface area contributed by atoms with Gasteiger partial charge in [0, 0.05) is 47.8 Å². The number of benzene rings is 5. The summed E-state index contributed by atoms with van der Waals surface area (Å²) in [6, 6.07) is 39.4. The quantitative estimate of drug-likeness (QED) is 0.0878. The molecule has 1 N–H and O–H groups in total. The van der Waals surface area contributed by atoms with Gasteiger partial charge in [0.1, 0.15) is 18.7 Å². The van der Waals surface area contributed by atoms with Crippen molar-refractivity contribution in [1.29, 1.82) is 0 Å². The second kappa shape index (κ2) is 23.1. The van der Waals surface area contributed by atoms with E-state index in [0.29, 0.717) is 40.7 Å². The number of likely N-dealkylation sites (tertiary alicyclic amines) is 1. The molecule has 2 fully saturated rings. The molecule has 5 aromatic rings. The molecular formula is C59H68ClN3O6. The number of amides is 3. The molecule has 362 valence electrons. The van der Waals surface area contributed by atoms with Gasteiger partial charge in [-0.1, -0.05) is 198 Å². The third kappa shape index (κ3) is 11.3. The van der Waals surface area contributed by atoms with Crippen LogP contribution in [0.3, 0.4) is 0 Å². The fourth-order valence-electron chi connectivity index (χ4n) is 11.1. The van der Waals surface area contributed by atoms with Crippen LogP contribution in [0, 0.1) is 5.92 Å². The first-order valence-electron chi connectivity index (χ1n) is 25.4. The van der Waals surface area contributed by atoms with Crippen molar-refractivity contribution in [2.24, 2.45) is 5.92 Å². The van der Waals surface area contributed by atoms with Crippen LogP contribution in [-0.4, -0.2) is 72.5 Å². The van der Waals surface area contributed by atoms with Gasteiger partial charge in [-0.05, 0) is 71.4 Å². The summed E-state index contributed by atoms with van der Waals surface area (Å²) in [5.74, 6) is -1.75. The third-order valence-corrected chi connectivity index (χ3v) is 15.0. The van der Waals surface area contributed by atoms with E-state index in [1.54, 1.807) is 18.0 Å². The molecule has 0 bridgehead atoms. The fraction of sp³-hybridized carbons (Fsp3) is 0.424. The standard InChI is InChI=1S/C59H68ClN3O6/c1-41(2)55(62(3)58(67)68-40-50-48-29-17-15-27-46(48)47-28-16-18-30-49(47)50)56(65)61-53(57(66)63-37-21-22-38-63)39-54(64)69-59(44-25-13-10-14-26-44,51-31-19-20-32-52(51)60)45-35-33-43(34-36-45)42-23-11-8-6-4-5-7-9-12-24-42/h10,13-20,25-36,41-42,50,53,55H,4-9,11-12,21-24,37-40H2,1-3H3,(H,61,65)/t53-,55?,59?/m0/s1. The Hall–Kier alpha value is -5.93. The van der Waals surface area contributed by atoms with Gasteiger partial charge in [-0.2, -0.15) is 0 Å². The Morgan fingerprint density at radius 2 is 1.22 bits per heavy atom. The van der Waals surface area contributed by atoms with Crippen molar-refractivity contribution in [2.45, 2.75) is 127 Å². The lowest BCUT2D eigenvalue weighted by molar-refractivity contribution is -0.156. The summed E-state index contributed by atoms with van der Waals surface area (Å²) in [5, 5.41) is 3.35. The van der Waals surface area contributed by atoms with E-state index in [9.17, 15) is 19.2 Å². The summed E-state index contributed by atoms with van der Waals surface area (Å²) in [6.45, 7) is 4.78. The topological polar surface area (TPSA) is 105 Å². The number of rotatable bonds is 14. The molecule has 8 rings (SSSR count). The van der Waals surface area contributed by atoms with Crippen molar-refractivity contribution in [2.75, 3.05) is 26.7 Å². The van der Waals surface area contributed by atoms with Crippen LogP contribution in [0.2, 0.25) is 5.02 Å². The minimum absolute atomic E-state index is 0.0868. The van der Waals surface area contributed by atoms with E-state index < -0.39 is 42.1 Å². The maximum absolute atomic E-state index is 14.9. The Labute approximate surface area is 413 Å². The molecule has 9 nitrogen and oxygen atoms in total. The minimum Gasteiger partial charge on any atom is -0.448 e. The number of nitrogens with one attached hydrogen (secondary N) is 1. The number of halogens is 1. The maximum Gasteiger partial charge on any atom is 0.410 e. The Kier molecular flexibility index (Phi) is 16.6. The van der Waals surface area contributed by atoms with Crippen molar-refractivity contribution < 1.29 is 28.7 Å². The van der Waals surface area contributed by atoms with Crippen molar-refractivity contribution in [3.8, 4) is 11.1 Å². The predicted molar refractivity (Wildman–Crippen MR) is 273 cm³/mol. The number of hydrogen-bond acceptors (Lipinski definition) is 6. The Balaban J connectivity index is 1.06. The number of hydrogen-bond donors (Lipinski definition) is 1. The van der Waals surface area contributed by atoms with E-state index in [-0.39, 0.29) is 24.3 Å². The van der Waals surface area contributed by atoms with Crippen LogP contribution < -0.4 is 5.32 Å². The third-order valence-electron chi connectivity index (χ3n) is 14.7. The van der Waals surface area contributed by atoms with Crippen molar-refractivity contribution in [3.05, 3.63) is 166 Å². The molecule has 0 aromatic heterocycles. The van der Waals surface area contributed by atoms with Gasteiger partial charge in [0.25, 0.3) is 0 Å². The zero-order chi connectivity index (χ0) is 48.3. The van der Waals surface area contributed by atoms with E-state index >= 15 is 0 Å². The summed E-state index contributed by atoms with van der Waals surface area (Å²) < 4.78 is 12.8. The molecule has 2 unspecified atom stereocenters. The number of carbonyl (C=O) groups excluding carboxylic acids is 4. The first kappa shape index (κ1) is 49.5. The Bertz CT molecular complexity index is 2480. The zero-order valence-electron chi connectivity index (χ0n) is 40.5. The van der Waals surface area contributed by atoms with Gasteiger partial charge in [-0.25, -0.2) is 4.79 Å². The van der Waals surface area contributed by atoms with Crippen LogP contribution in [0.5, 0.6) is 0 Å². The molecule has 1 saturated carbocycles. The fourth-order valence-corrected chi connectivity index (χ4v) is 11.4.